The molecule has 0 radical (unpaired) electrons. The first kappa shape index (κ1) is 11.6. The number of nitrogens with zero attached hydrogens (tertiary/aromatic N) is 1. The maximum atomic E-state index is 11.4. The number of para-hydroxylation sites is 1. The average Bonchev–Trinajstić information content (AvgIpc) is 2.54. The Morgan fingerprint density at radius 2 is 2.00 bits per heavy atom. The maximum Gasteiger partial charge on any atom is 0.218 e. The van der Waals surface area contributed by atoms with E-state index in [4.69, 9.17) is 11.6 Å². The van der Waals surface area contributed by atoms with Crippen LogP contribution in [0.4, 0.5) is 11.4 Å². The van der Waals surface area contributed by atoms with Crippen molar-refractivity contribution in [1.82, 2.24) is 0 Å². The quantitative estimate of drug-likeness (QED) is 0.726. The SMILES string of the molecule is O=CN1c2ccccc2CSc2ccc(Cl)cc21. The second-order valence-corrected chi connectivity index (χ2v) is 5.46. The van der Waals surface area contributed by atoms with Crippen LogP contribution in [0, 0.1) is 0 Å². The van der Waals surface area contributed by atoms with Crippen molar-refractivity contribution in [2.45, 2.75) is 10.6 Å². The first-order chi connectivity index (χ1) is 8.79. The van der Waals surface area contributed by atoms with Gasteiger partial charge in [0.05, 0.1) is 11.4 Å². The van der Waals surface area contributed by atoms with E-state index < -0.39 is 0 Å². The third-order valence-electron chi connectivity index (χ3n) is 2.92. The minimum absolute atomic E-state index is 0.639. The molecule has 0 N–H and O–H groups in total. The summed E-state index contributed by atoms with van der Waals surface area (Å²) in [7, 11) is 0. The largest absolute Gasteiger partial charge is 0.282 e. The van der Waals surface area contributed by atoms with Crippen molar-refractivity contribution in [3.05, 3.63) is 53.1 Å². The van der Waals surface area contributed by atoms with Crippen LogP contribution in [-0.2, 0) is 10.5 Å². The van der Waals surface area contributed by atoms with Gasteiger partial charge in [-0.1, -0.05) is 29.8 Å². The lowest BCUT2D eigenvalue weighted by Gasteiger charge is -2.19. The zero-order chi connectivity index (χ0) is 12.5. The number of anilines is 2. The topological polar surface area (TPSA) is 20.3 Å². The minimum Gasteiger partial charge on any atom is -0.282 e. The number of benzene rings is 2. The highest BCUT2D eigenvalue weighted by atomic mass is 35.5. The normalized spacial score (nSPS) is 13.5. The fourth-order valence-electron chi connectivity index (χ4n) is 2.07. The maximum absolute atomic E-state index is 11.4. The van der Waals surface area contributed by atoms with Crippen molar-refractivity contribution >= 4 is 41.1 Å². The van der Waals surface area contributed by atoms with E-state index in [1.54, 1.807) is 16.7 Å². The van der Waals surface area contributed by atoms with Gasteiger partial charge < -0.3 is 0 Å². The summed E-state index contributed by atoms with van der Waals surface area (Å²) in [6.07, 6.45) is 0.847. The number of fused-ring (bicyclic) bond motifs is 2. The molecule has 0 saturated carbocycles. The predicted molar refractivity (Wildman–Crippen MR) is 75.7 cm³/mol. The Bertz CT molecular complexity index is 614. The lowest BCUT2D eigenvalue weighted by molar-refractivity contribution is -0.106. The highest BCUT2D eigenvalue weighted by molar-refractivity contribution is 7.98. The summed E-state index contributed by atoms with van der Waals surface area (Å²) < 4.78 is 0. The first-order valence-corrected chi connectivity index (χ1v) is 6.91. The van der Waals surface area contributed by atoms with Crippen molar-refractivity contribution in [3.63, 3.8) is 0 Å². The molecule has 2 nitrogen and oxygen atoms in total. The van der Waals surface area contributed by atoms with Gasteiger partial charge >= 0.3 is 0 Å². The van der Waals surface area contributed by atoms with Crippen LogP contribution in [0.15, 0.2) is 47.4 Å². The third-order valence-corrected chi connectivity index (χ3v) is 4.27. The molecule has 2 aromatic rings. The number of carbonyl (C=O) groups is 1. The number of halogens is 1. The van der Waals surface area contributed by atoms with Gasteiger partial charge in [-0.15, -0.1) is 11.8 Å². The molecule has 2 aromatic carbocycles. The monoisotopic (exact) mass is 275 g/mol. The predicted octanol–water partition coefficient (Wildman–Crippen LogP) is 4.24. The van der Waals surface area contributed by atoms with Gasteiger partial charge in [0.15, 0.2) is 0 Å². The zero-order valence-electron chi connectivity index (χ0n) is 9.47. The lowest BCUT2D eigenvalue weighted by Crippen LogP contribution is -2.15. The smallest absolute Gasteiger partial charge is 0.218 e. The van der Waals surface area contributed by atoms with E-state index in [9.17, 15) is 4.79 Å². The highest BCUT2D eigenvalue weighted by Crippen LogP contribution is 2.42. The van der Waals surface area contributed by atoms with Crippen LogP contribution in [-0.4, -0.2) is 6.41 Å². The molecule has 18 heavy (non-hydrogen) atoms. The Morgan fingerprint density at radius 1 is 1.17 bits per heavy atom. The van der Waals surface area contributed by atoms with Crippen LogP contribution in [0.1, 0.15) is 5.56 Å². The Balaban J connectivity index is 2.23. The Hall–Kier alpha value is -1.45. The molecule has 0 aromatic heterocycles. The number of carbonyl (C=O) groups excluding carboxylic acids is 1. The Kier molecular flexibility index (Phi) is 3.02. The van der Waals surface area contributed by atoms with Gasteiger partial charge in [0.25, 0.3) is 0 Å². The average molecular weight is 276 g/mol. The van der Waals surface area contributed by atoms with Gasteiger partial charge in [0.2, 0.25) is 6.41 Å². The fraction of sp³-hybridized carbons (Fsp3) is 0.0714. The van der Waals surface area contributed by atoms with Gasteiger partial charge in [-0.25, -0.2) is 0 Å². The van der Waals surface area contributed by atoms with Crippen molar-refractivity contribution < 1.29 is 4.79 Å². The summed E-state index contributed by atoms with van der Waals surface area (Å²) in [5.74, 6) is 0.856. The van der Waals surface area contributed by atoms with Crippen LogP contribution in [0.25, 0.3) is 0 Å². The van der Waals surface area contributed by atoms with Gasteiger partial charge in [-0.05, 0) is 29.8 Å². The molecule has 4 heteroatoms. The minimum atomic E-state index is 0.639. The molecule has 0 aliphatic carbocycles. The molecule has 0 saturated heterocycles. The molecule has 0 fully saturated rings. The van der Waals surface area contributed by atoms with Crippen molar-refractivity contribution in [2.75, 3.05) is 4.90 Å². The molecule has 0 spiro atoms. The summed E-state index contributed by atoms with van der Waals surface area (Å²) in [5.41, 5.74) is 2.94. The van der Waals surface area contributed by atoms with Crippen LogP contribution in [0.3, 0.4) is 0 Å². The molecule has 3 rings (SSSR count). The molecule has 1 heterocycles. The van der Waals surface area contributed by atoms with Crippen LogP contribution < -0.4 is 4.90 Å². The van der Waals surface area contributed by atoms with Gasteiger partial charge in [0.1, 0.15) is 0 Å². The third kappa shape index (κ3) is 1.89. The van der Waals surface area contributed by atoms with Crippen molar-refractivity contribution in [2.24, 2.45) is 0 Å². The lowest BCUT2D eigenvalue weighted by atomic mass is 10.1. The standard InChI is InChI=1S/C14H10ClNOS/c15-11-5-6-14-13(7-11)16(9-17)12-4-2-1-3-10(12)8-18-14/h1-7,9H,8H2. The van der Waals surface area contributed by atoms with Gasteiger partial charge in [-0.2, -0.15) is 0 Å². The number of amides is 1. The number of hydrogen-bond donors (Lipinski definition) is 0. The van der Waals surface area contributed by atoms with E-state index in [-0.39, 0.29) is 0 Å². The fourth-order valence-corrected chi connectivity index (χ4v) is 3.26. The van der Waals surface area contributed by atoms with E-state index >= 15 is 0 Å². The molecule has 0 bridgehead atoms. The number of hydrogen-bond acceptors (Lipinski definition) is 2. The molecule has 0 unspecified atom stereocenters. The number of rotatable bonds is 1. The summed E-state index contributed by atoms with van der Waals surface area (Å²) in [5, 5.41) is 0.639. The Morgan fingerprint density at radius 3 is 2.83 bits per heavy atom. The van der Waals surface area contributed by atoms with Gasteiger partial charge in [-0.3, -0.25) is 9.69 Å². The second-order valence-electron chi connectivity index (χ2n) is 4.00. The van der Waals surface area contributed by atoms with E-state index in [0.717, 1.165) is 34.0 Å². The molecule has 1 aliphatic heterocycles. The highest BCUT2D eigenvalue weighted by Gasteiger charge is 2.20. The summed E-state index contributed by atoms with van der Waals surface area (Å²) >= 11 is 7.75. The van der Waals surface area contributed by atoms with E-state index in [0.29, 0.717) is 5.02 Å². The Labute approximate surface area is 115 Å². The van der Waals surface area contributed by atoms with Gasteiger partial charge in [0, 0.05) is 15.7 Å². The molecular weight excluding hydrogens is 266 g/mol. The second kappa shape index (κ2) is 4.67. The molecule has 1 aliphatic rings. The van der Waals surface area contributed by atoms with E-state index in [1.165, 1.54) is 0 Å². The summed E-state index contributed by atoms with van der Waals surface area (Å²) in [6.45, 7) is 0. The van der Waals surface area contributed by atoms with E-state index in [2.05, 4.69) is 0 Å². The molecule has 90 valence electrons. The molecule has 0 atom stereocenters. The van der Waals surface area contributed by atoms with Crippen molar-refractivity contribution in [3.8, 4) is 0 Å². The van der Waals surface area contributed by atoms with E-state index in [1.807, 2.05) is 42.5 Å². The van der Waals surface area contributed by atoms with Crippen LogP contribution in [0.2, 0.25) is 5.02 Å². The molecule has 1 amide bonds. The molecular formula is C14H10ClNOS. The summed E-state index contributed by atoms with van der Waals surface area (Å²) in [4.78, 5) is 14.2. The first-order valence-electron chi connectivity index (χ1n) is 5.54. The van der Waals surface area contributed by atoms with Crippen molar-refractivity contribution in [1.29, 1.82) is 0 Å². The van der Waals surface area contributed by atoms with Crippen LogP contribution in [0.5, 0.6) is 0 Å². The summed E-state index contributed by atoms with van der Waals surface area (Å²) in [6, 6.07) is 13.6. The number of thioether (sulfide) groups is 1. The van der Waals surface area contributed by atoms with Crippen LogP contribution >= 0.6 is 23.4 Å². The zero-order valence-corrected chi connectivity index (χ0v) is 11.0.